The van der Waals surface area contributed by atoms with Crippen LogP contribution in [0.1, 0.15) is 41.8 Å². The molecule has 2 heterocycles. The molecule has 1 aliphatic rings. The van der Waals surface area contributed by atoms with Gasteiger partial charge in [-0.05, 0) is 51.3 Å². The van der Waals surface area contributed by atoms with Gasteiger partial charge in [-0.3, -0.25) is 9.59 Å². The van der Waals surface area contributed by atoms with Crippen molar-refractivity contribution in [2.45, 2.75) is 46.5 Å². The van der Waals surface area contributed by atoms with Gasteiger partial charge >= 0.3 is 0 Å². The van der Waals surface area contributed by atoms with Gasteiger partial charge in [0.05, 0.1) is 5.69 Å². The Labute approximate surface area is 147 Å². The molecule has 0 unspecified atom stereocenters. The topological polar surface area (TPSA) is 75.4 Å². The highest BCUT2D eigenvalue weighted by molar-refractivity contribution is 5.97. The predicted octanol–water partition coefficient (Wildman–Crippen LogP) is 3.30. The molecule has 3 rings (SSSR count). The molecule has 132 valence electrons. The molecular weight excluding hydrogens is 318 g/mol. The van der Waals surface area contributed by atoms with Crippen LogP contribution < -0.4 is 10.2 Å². The number of amides is 2. The molecule has 2 amide bonds. The first-order valence-electron chi connectivity index (χ1n) is 8.58. The van der Waals surface area contributed by atoms with E-state index in [-0.39, 0.29) is 11.8 Å². The maximum atomic E-state index is 12.3. The van der Waals surface area contributed by atoms with Gasteiger partial charge in [0.15, 0.2) is 0 Å². The Bertz CT molecular complexity index is 791. The lowest BCUT2D eigenvalue weighted by molar-refractivity contribution is -0.117. The summed E-state index contributed by atoms with van der Waals surface area (Å²) < 4.78 is 5.12. The molecule has 1 aromatic heterocycles. The van der Waals surface area contributed by atoms with E-state index >= 15 is 0 Å². The fourth-order valence-corrected chi connectivity index (χ4v) is 3.20. The second-order valence-corrected chi connectivity index (χ2v) is 6.50. The van der Waals surface area contributed by atoms with Crippen LogP contribution in [0.3, 0.4) is 0 Å². The summed E-state index contributed by atoms with van der Waals surface area (Å²) in [4.78, 5) is 26.1. The standard InChI is InChI=1S/C19H23N3O3/c1-12-6-7-15(11-17(12)22-10-4-5-19(22)24)20-18(23)9-8-16-13(2)21-25-14(16)3/h6-7,11H,4-5,8-10H2,1-3H3,(H,20,23). The number of hydrogen-bond acceptors (Lipinski definition) is 4. The molecule has 0 saturated carbocycles. The molecule has 6 nitrogen and oxygen atoms in total. The van der Waals surface area contributed by atoms with Crippen LogP contribution in [0, 0.1) is 20.8 Å². The molecule has 1 aromatic carbocycles. The van der Waals surface area contributed by atoms with Crippen molar-refractivity contribution >= 4 is 23.2 Å². The van der Waals surface area contributed by atoms with E-state index < -0.39 is 0 Å². The quantitative estimate of drug-likeness (QED) is 0.905. The zero-order valence-electron chi connectivity index (χ0n) is 14.9. The number of anilines is 2. The Morgan fingerprint density at radius 1 is 1.32 bits per heavy atom. The number of carbonyl (C=O) groups excluding carboxylic acids is 2. The molecule has 6 heteroatoms. The maximum absolute atomic E-state index is 12.3. The number of nitrogens with one attached hydrogen (secondary N) is 1. The van der Waals surface area contributed by atoms with Crippen molar-refractivity contribution in [3.8, 4) is 0 Å². The fraction of sp³-hybridized carbons (Fsp3) is 0.421. The van der Waals surface area contributed by atoms with Crippen molar-refractivity contribution in [1.82, 2.24) is 5.16 Å². The Kier molecular flexibility index (Phi) is 4.88. The van der Waals surface area contributed by atoms with E-state index in [0.717, 1.165) is 41.2 Å². The molecule has 25 heavy (non-hydrogen) atoms. The van der Waals surface area contributed by atoms with Crippen LogP contribution in [0.15, 0.2) is 22.7 Å². The molecule has 0 radical (unpaired) electrons. The normalized spacial score (nSPS) is 14.2. The summed E-state index contributed by atoms with van der Waals surface area (Å²) in [5.74, 6) is 0.836. The monoisotopic (exact) mass is 341 g/mol. The fourth-order valence-electron chi connectivity index (χ4n) is 3.20. The smallest absolute Gasteiger partial charge is 0.227 e. The lowest BCUT2D eigenvalue weighted by Gasteiger charge is -2.19. The number of hydrogen-bond donors (Lipinski definition) is 1. The Balaban J connectivity index is 1.66. The molecule has 1 N–H and O–H groups in total. The van der Waals surface area contributed by atoms with Gasteiger partial charge in [-0.2, -0.15) is 0 Å². The van der Waals surface area contributed by atoms with Crippen molar-refractivity contribution in [3.05, 3.63) is 40.8 Å². The van der Waals surface area contributed by atoms with Crippen molar-refractivity contribution in [2.75, 3.05) is 16.8 Å². The van der Waals surface area contributed by atoms with Gasteiger partial charge in [0.2, 0.25) is 11.8 Å². The highest BCUT2D eigenvalue weighted by Crippen LogP contribution is 2.28. The summed E-state index contributed by atoms with van der Waals surface area (Å²) in [5, 5.41) is 6.83. The van der Waals surface area contributed by atoms with Crippen LogP contribution in [-0.4, -0.2) is 23.5 Å². The van der Waals surface area contributed by atoms with Crippen molar-refractivity contribution < 1.29 is 14.1 Å². The maximum Gasteiger partial charge on any atom is 0.227 e. The number of rotatable bonds is 5. The molecule has 0 aliphatic carbocycles. The number of nitrogens with zero attached hydrogens (tertiary/aromatic N) is 2. The molecule has 1 saturated heterocycles. The van der Waals surface area contributed by atoms with Crippen LogP contribution in [-0.2, 0) is 16.0 Å². The number of carbonyl (C=O) groups is 2. The van der Waals surface area contributed by atoms with Crippen LogP contribution >= 0.6 is 0 Å². The van der Waals surface area contributed by atoms with Gasteiger partial charge in [-0.25, -0.2) is 0 Å². The third-order valence-corrected chi connectivity index (χ3v) is 4.64. The van der Waals surface area contributed by atoms with Crippen LogP contribution in [0.25, 0.3) is 0 Å². The van der Waals surface area contributed by atoms with E-state index in [1.807, 2.05) is 39.0 Å². The molecule has 1 fully saturated rings. The van der Waals surface area contributed by atoms with Gasteiger partial charge in [-0.1, -0.05) is 11.2 Å². The minimum absolute atomic E-state index is 0.0671. The number of benzene rings is 1. The van der Waals surface area contributed by atoms with Crippen LogP contribution in [0.2, 0.25) is 0 Å². The van der Waals surface area contributed by atoms with Crippen molar-refractivity contribution in [1.29, 1.82) is 0 Å². The number of aryl methyl sites for hydroxylation is 3. The summed E-state index contributed by atoms with van der Waals surface area (Å²) in [7, 11) is 0. The average Bonchev–Trinajstić information content (AvgIpc) is 3.13. The average molecular weight is 341 g/mol. The van der Waals surface area contributed by atoms with Gasteiger partial charge in [-0.15, -0.1) is 0 Å². The summed E-state index contributed by atoms with van der Waals surface area (Å²) in [6.07, 6.45) is 2.42. The number of aromatic nitrogens is 1. The first-order valence-corrected chi connectivity index (χ1v) is 8.58. The van der Waals surface area contributed by atoms with E-state index in [0.29, 0.717) is 24.9 Å². The van der Waals surface area contributed by atoms with Crippen molar-refractivity contribution in [3.63, 3.8) is 0 Å². The highest BCUT2D eigenvalue weighted by atomic mass is 16.5. The minimum Gasteiger partial charge on any atom is -0.361 e. The lowest BCUT2D eigenvalue weighted by Crippen LogP contribution is -2.24. The summed E-state index contributed by atoms with van der Waals surface area (Å²) in [5.41, 5.74) is 4.44. The Morgan fingerprint density at radius 2 is 2.12 bits per heavy atom. The predicted molar refractivity (Wildman–Crippen MR) is 95.7 cm³/mol. The summed E-state index contributed by atoms with van der Waals surface area (Å²) in [6, 6.07) is 5.68. The first kappa shape index (κ1) is 17.2. The second kappa shape index (κ2) is 7.09. The molecule has 1 aliphatic heterocycles. The van der Waals surface area contributed by atoms with E-state index in [1.165, 1.54) is 0 Å². The van der Waals surface area contributed by atoms with E-state index in [2.05, 4.69) is 10.5 Å². The van der Waals surface area contributed by atoms with E-state index in [9.17, 15) is 9.59 Å². The van der Waals surface area contributed by atoms with Gasteiger partial charge in [0.1, 0.15) is 5.76 Å². The Hall–Kier alpha value is -2.63. The molecular formula is C19H23N3O3. The molecule has 0 atom stereocenters. The Morgan fingerprint density at radius 3 is 2.76 bits per heavy atom. The van der Waals surface area contributed by atoms with Gasteiger partial charge < -0.3 is 14.7 Å². The molecule has 2 aromatic rings. The lowest BCUT2D eigenvalue weighted by atomic mass is 10.1. The third-order valence-electron chi connectivity index (χ3n) is 4.64. The summed E-state index contributed by atoms with van der Waals surface area (Å²) >= 11 is 0. The highest BCUT2D eigenvalue weighted by Gasteiger charge is 2.23. The summed E-state index contributed by atoms with van der Waals surface area (Å²) in [6.45, 7) is 6.45. The van der Waals surface area contributed by atoms with Crippen LogP contribution in [0.4, 0.5) is 11.4 Å². The van der Waals surface area contributed by atoms with Crippen molar-refractivity contribution in [2.24, 2.45) is 0 Å². The minimum atomic E-state index is -0.0671. The SMILES string of the molecule is Cc1ccc(NC(=O)CCc2c(C)noc2C)cc1N1CCCC1=O. The molecule has 0 spiro atoms. The zero-order chi connectivity index (χ0) is 18.0. The van der Waals surface area contributed by atoms with Crippen LogP contribution in [0.5, 0.6) is 0 Å². The van der Waals surface area contributed by atoms with E-state index in [4.69, 9.17) is 4.52 Å². The van der Waals surface area contributed by atoms with E-state index in [1.54, 1.807) is 4.90 Å². The largest absolute Gasteiger partial charge is 0.361 e. The first-order chi connectivity index (χ1) is 12.0. The second-order valence-electron chi connectivity index (χ2n) is 6.50. The van der Waals surface area contributed by atoms with Gasteiger partial charge in [0, 0.05) is 36.3 Å². The zero-order valence-corrected chi connectivity index (χ0v) is 14.9. The van der Waals surface area contributed by atoms with Gasteiger partial charge in [0.25, 0.3) is 0 Å². The third kappa shape index (κ3) is 3.73. The molecule has 0 bridgehead atoms.